The molecular weight excluding hydrogens is 909 g/mol. The molecule has 0 bridgehead atoms. The minimum atomic E-state index is -0.803. The van der Waals surface area contributed by atoms with Crippen LogP contribution in [0.1, 0.15) is 219 Å². The van der Waals surface area contributed by atoms with Gasteiger partial charge in [0.2, 0.25) is 0 Å². The third kappa shape index (κ3) is 59.6. The molecule has 5 heteroatoms. The molecule has 0 aromatic heterocycles. The molecule has 1 unspecified atom stereocenters. The maximum Gasteiger partial charge on any atom is 0.306 e. The van der Waals surface area contributed by atoms with E-state index in [1.807, 2.05) is 0 Å². The van der Waals surface area contributed by atoms with Crippen molar-refractivity contribution < 1.29 is 24.2 Å². The Morgan fingerprint density at radius 1 is 0.311 bits per heavy atom. The number of aliphatic hydroxyl groups excluding tert-OH is 1. The first-order valence-corrected chi connectivity index (χ1v) is 29.3. The van der Waals surface area contributed by atoms with Crippen LogP contribution in [0.3, 0.4) is 0 Å². The van der Waals surface area contributed by atoms with Crippen molar-refractivity contribution in [2.24, 2.45) is 0 Å². The van der Waals surface area contributed by atoms with Crippen molar-refractivity contribution in [3.63, 3.8) is 0 Å². The molecule has 1 atom stereocenters. The van der Waals surface area contributed by atoms with Crippen LogP contribution in [0.4, 0.5) is 0 Å². The molecule has 0 aliphatic carbocycles. The van der Waals surface area contributed by atoms with Crippen molar-refractivity contribution in [1.82, 2.24) is 0 Å². The first-order chi connectivity index (χ1) is 36.6. The van der Waals surface area contributed by atoms with Crippen LogP contribution in [-0.4, -0.2) is 36.4 Å². The van der Waals surface area contributed by atoms with Crippen LogP contribution >= 0.6 is 0 Å². The second-order valence-corrected chi connectivity index (χ2v) is 18.6. The minimum Gasteiger partial charge on any atom is -0.462 e. The maximum atomic E-state index is 12.3. The van der Waals surface area contributed by atoms with Gasteiger partial charge in [-0.15, -0.1) is 0 Å². The van der Waals surface area contributed by atoms with E-state index in [2.05, 4.69) is 196 Å². The standard InChI is InChI=1S/C69H106O5/c1-3-5-7-9-11-13-15-17-19-21-23-25-27-29-31-32-33-34-35-36-38-40-42-44-46-48-50-52-54-56-58-60-62-64-69(72)74-67(65-70)66-73-68(71)63-61-59-57-55-53-51-49-47-45-43-41-39-37-30-28-26-24-22-20-18-16-14-12-10-8-6-4-2/h5-8,11-14,17-20,23-26,29-31,33-34,36-38,41-44,48,50,67,70H,3-4,9-10,15-16,21-22,27-28,32,35,39-40,45-47,49,51-66H2,1-2H3/b7-5-,8-6-,13-11-,14-12-,19-17-,20-18-,25-23-,26-24-,31-29-,34-33-,37-30-,38-36-,43-41-,44-42-,50-48-. The molecule has 0 rings (SSSR count). The lowest BCUT2D eigenvalue weighted by Crippen LogP contribution is -2.28. The van der Waals surface area contributed by atoms with Crippen molar-refractivity contribution in [3.8, 4) is 0 Å². The average molecular weight is 1020 g/mol. The zero-order chi connectivity index (χ0) is 53.4. The van der Waals surface area contributed by atoms with Gasteiger partial charge in [0, 0.05) is 12.8 Å². The first-order valence-electron chi connectivity index (χ1n) is 29.3. The Morgan fingerprint density at radius 3 is 0.811 bits per heavy atom. The Kier molecular flexibility index (Phi) is 58.1. The molecule has 0 aliphatic heterocycles. The summed E-state index contributed by atoms with van der Waals surface area (Å²) in [6, 6.07) is 0. The predicted molar refractivity (Wildman–Crippen MR) is 324 cm³/mol. The first kappa shape index (κ1) is 69.0. The van der Waals surface area contributed by atoms with Gasteiger partial charge in [-0.05, 0) is 135 Å². The zero-order valence-electron chi connectivity index (χ0n) is 47.0. The summed E-state index contributed by atoms with van der Waals surface area (Å²) in [5, 5.41) is 9.66. The van der Waals surface area contributed by atoms with Gasteiger partial charge in [-0.25, -0.2) is 0 Å². The Hall–Kier alpha value is -5.00. The smallest absolute Gasteiger partial charge is 0.306 e. The van der Waals surface area contributed by atoms with E-state index in [-0.39, 0.29) is 25.2 Å². The summed E-state index contributed by atoms with van der Waals surface area (Å²) in [5.74, 6) is -0.637. The number of rotatable bonds is 51. The Bertz CT molecular complexity index is 1720. The number of allylic oxidation sites excluding steroid dienone is 30. The number of hydrogen-bond donors (Lipinski definition) is 1. The fourth-order valence-corrected chi connectivity index (χ4v) is 7.37. The fourth-order valence-electron chi connectivity index (χ4n) is 7.37. The van der Waals surface area contributed by atoms with E-state index in [1.165, 1.54) is 32.1 Å². The summed E-state index contributed by atoms with van der Waals surface area (Å²) < 4.78 is 10.7. The molecule has 0 heterocycles. The molecule has 0 fully saturated rings. The van der Waals surface area contributed by atoms with Gasteiger partial charge >= 0.3 is 11.9 Å². The highest BCUT2D eigenvalue weighted by Gasteiger charge is 2.16. The maximum absolute atomic E-state index is 12.3. The lowest BCUT2D eigenvalue weighted by molar-refractivity contribution is -0.161. The van der Waals surface area contributed by atoms with E-state index in [1.54, 1.807) is 0 Å². The Balaban J connectivity index is 3.66. The highest BCUT2D eigenvalue weighted by molar-refractivity contribution is 5.70. The van der Waals surface area contributed by atoms with Crippen molar-refractivity contribution in [2.45, 2.75) is 225 Å². The Morgan fingerprint density at radius 2 is 0.541 bits per heavy atom. The number of carbonyl (C=O) groups excluding carboxylic acids is 2. The highest BCUT2D eigenvalue weighted by atomic mass is 16.6. The SMILES string of the molecule is CC/C=C\C/C=C\C/C=C\C/C=C\C/C=C\C/C=C\C/C=C\C/C=C\C/C=C\CCCCCCCC(=O)OC(CO)COC(=O)CCCCCCCCCC/C=C\C/C=C\C/C=C\C/C=C\C/C=C\C/C=C\CC. The minimum absolute atomic E-state index is 0.0915. The molecule has 1 N–H and O–H groups in total. The third-order valence-electron chi connectivity index (χ3n) is 11.7. The third-order valence-corrected chi connectivity index (χ3v) is 11.7. The molecule has 0 amide bonds. The van der Waals surface area contributed by atoms with Gasteiger partial charge in [-0.1, -0.05) is 254 Å². The average Bonchev–Trinajstić information content (AvgIpc) is 3.40. The fraction of sp³-hybridized carbons (Fsp3) is 0.536. The molecule has 74 heavy (non-hydrogen) atoms. The Labute approximate surface area is 455 Å². The molecule has 0 radical (unpaired) electrons. The van der Waals surface area contributed by atoms with Gasteiger partial charge in [-0.3, -0.25) is 9.59 Å². The van der Waals surface area contributed by atoms with E-state index in [9.17, 15) is 14.7 Å². The number of carbonyl (C=O) groups is 2. The number of hydrogen-bond acceptors (Lipinski definition) is 5. The van der Waals surface area contributed by atoms with Crippen molar-refractivity contribution in [2.75, 3.05) is 13.2 Å². The highest BCUT2D eigenvalue weighted by Crippen LogP contribution is 2.13. The summed E-state index contributed by atoms with van der Waals surface area (Å²) in [7, 11) is 0. The molecule has 0 aromatic carbocycles. The van der Waals surface area contributed by atoms with Crippen LogP contribution in [0, 0.1) is 0 Å². The van der Waals surface area contributed by atoms with E-state index >= 15 is 0 Å². The van der Waals surface area contributed by atoms with Crippen LogP contribution in [-0.2, 0) is 19.1 Å². The van der Waals surface area contributed by atoms with Gasteiger partial charge in [-0.2, -0.15) is 0 Å². The van der Waals surface area contributed by atoms with Crippen LogP contribution in [0.5, 0.6) is 0 Å². The molecule has 5 nitrogen and oxygen atoms in total. The molecule has 0 aliphatic rings. The lowest BCUT2D eigenvalue weighted by Gasteiger charge is -2.15. The summed E-state index contributed by atoms with van der Waals surface area (Å²) in [5.41, 5.74) is 0. The van der Waals surface area contributed by atoms with E-state index in [0.717, 1.165) is 161 Å². The van der Waals surface area contributed by atoms with E-state index in [0.29, 0.717) is 12.8 Å². The van der Waals surface area contributed by atoms with Crippen molar-refractivity contribution in [3.05, 3.63) is 182 Å². The number of ether oxygens (including phenoxy) is 2. The molecule has 0 saturated heterocycles. The molecule has 0 saturated carbocycles. The van der Waals surface area contributed by atoms with Gasteiger partial charge in [0.1, 0.15) is 6.61 Å². The molecule has 0 spiro atoms. The van der Waals surface area contributed by atoms with Crippen LogP contribution < -0.4 is 0 Å². The van der Waals surface area contributed by atoms with E-state index in [4.69, 9.17) is 9.47 Å². The summed E-state index contributed by atoms with van der Waals surface area (Å²) in [4.78, 5) is 24.6. The summed E-state index contributed by atoms with van der Waals surface area (Å²) in [6.07, 6.45) is 98.5. The monoisotopic (exact) mass is 1010 g/mol. The quantitative estimate of drug-likeness (QED) is 0.0373. The summed E-state index contributed by atoms with van der Waals surface area (Å²) >= 11 is 0. The summed E-state index contributed by atoms with van der Waals surface area (Å²) in [6.45, 7) is 3.88. The zero-order valence-corrected chi connectivity index (χ0v) is 47.0. The van der Waals surface area contributed by atoms with E-state index < -0.39 is 6.10 Å². The van der Waals surface area contributed by atoms with Crippen LogP contribution in [0.15, 0.2) is 182 Å². The van der Waals surface area contributed by atoms with Gasteiger partial charge in [0.15, 0.2) is 6.10 Å². The van der Waals surface area contributed by atoms with Gasteiger partial charge in [0.05, 0.1) is 6.61 Å². The topological polar surface area (TPSA) is 72.8 Å². The number of unbranched alkanes of at least 4 members (excludes halogenated alkanes) is 13. The number of esters is 2. The van der Waals surface area contributed by atoms with Gasteiger partial charge < -0.3 is 14.6 Å². The largest absolute Gasteiger partial charge is 0.462 e. The molecule has 0 aromatic rings. The van der Waals surface area contributed by atoms with Crippen LogP contribution in [0.2, 0.25) is 0 Å². The molecular formula is C69H106O5. The van der Waals surface area contributed by atoms with Crippen molar-refractivity contribution in [1.29, 1.82) is 0 Å². The normalized spacial score (nSPS) is 13.6. The second-order valence-electron chi connectivity index (χ2n) is 18.6. The predicted octanol–water partition coefficient (Wildman–Crippen LogP) is 20.3. The lowest BCUT2D eigenvalue weighted by atomic mass is 10.1. The van der Waals surface area contributed by atoms with Crippen LogP contribution in [0.25, 0.3) is 0 Å². The van der Waals surface area contributed by atoms with Gasteiger partial charge in [0.25, 0.3) is 0 Å². The van der Waals surface area contributed by atoms with Crippen molar-refractivity contribution >= 4 is 11.9 Å². The second kappa shape index (κ2) is 62.3. The number of aliphatic hydroxyl groups is 1. The molecule has 412 valence electrons.